The van der Waals surface area contributed by atoms with E-state index in [4.69, 9.17) is 5.73 Å². The average Bonchev–Trinajstić information content (AvgIpc) is 3.39. The molecule has 0 bridgehead atoms. The summed E-state index contributed by atoms with van der Waals surface area (Å²) in [5.74, 6) is -2.04. The van der Waals surface area contributed by atoms with Gasteiger partial charge in [-0.2, -0.15) is 0 Å². The van der Waals surface area contributed by atoms with E-state index in [1.807, 2.05) is 0 Å². The number of benzene rings is 2. The summed E-state index contributed by atoms with van der Waals surface area (Å²) < 4.78 is 53.9. The quantitative estimate of drug-likeness (QED) is 0.587. The maximum Gasteiger partial charge on any atom is 0.266 e. The van der Waals surface area contributed by atoms with Gasteiger partial charge in [0.25, 0.3) is 12.3 Å². The molecule has 1 atom stereocenters. The Hall–Kier alpha value is -2.57. The predicted molar refractivity (Wildman–Crippen MR) is 90.0 cm³/mol. The van der Waals surface area contributed by atoms with Gasteiger partial charge in [-0.15, -0.1) is 0 Å². The van der Waals surface area contributed by atoms with E-state index < -0.39 is 35.6 Å². The number of nitrogen functional groups attached to an aromatic ring is 1. The molecule has 3 nitrogen and oxygen atoms in total. The molecule has 0 unspecified atom stereocenters. The van der Waals surface area contributed by atoms with Crippen LogP contribution in [0.2, 0.25) is 0 Å². The number of carbonyl (C=O) groups excluding carboxylic acids is 1. The molecular weight excluding hydrogens is 348 g/mol. The molecule has 0 radical (unpaired) electrons. The van der Waals surface area contributed by atoms with Crippen LogP contribution >= 0.6 is 0 Å². The molecule has 2 aromatic rings. The maximum atomic E-state index is 14.2. The van der Waals surface area contributed by atoms with Crippen molar-refractivity contribution in [2.45, 2.75) is 38.2 Å². The number of hydrogen-bond donors (Lipinski definition) is 2. The van der Waals surface area contributed by atoms with Crippen molar-refractivity contribution in [3.05, 3.63) is 64.2 Å². The third-order valence-electron chi connectivity index (χ3n) is 4.54. The molecule has 0 spiro atoms. The zero-order valence-corrected chi connectivity index (χ0v) is 14.0. The first-order valence-corrected chi connectivity index (χ1v) is 8.25. The summed E-state index contributed by atoms with van der Waals surface area (Å²) in [5, 5.41) is 2.54. The Morgan fingerprint density at radius 2 is 1.85 bits per heavy atom. The minimum atomic E-state index is -2.95. The molecule has 1 aliphatic rings. The van der Waals surface area contributed by atoms with Crippen LogP contribution < -0.4 is 11.1 Å². The Labute approximate surface area is 148 Å². The molecule has 2 aromatic carbocycles. The van der Waals surface area contributed by atoms with Crippen LogP contribution in [-0.4, -0.2) is 5.91 Å². The maximum absolute atomic E-state index is 14.2. The predicted octanol–water partition coefficient (Wildman–Crippen LogP) is 4.85. The number of amides is 1. The van der Waals surface area contributed by atoms with Crippen LogP contribution in [0.25, 0.3) is 0 Å². The fourth-order valence-corrected chi connectivity index (χ4v) is 2.93. The Balaban J connectivity index is 1.84. The first-order valence-electron chi connectivity index (χ1n) is 8.25. The average molecular weight is 366 g/mol. The van der Waals surface area contributed by atoms with Crippen LogP contribution in [0.4, 0.5) is 23.2 Å². The largest absolute Gasteiger partial charge is 0.398 e. The van der Waals surface area contributed by atoms with Crippen LogP contribution in [-0.2, 0) is 0 Å². The number of anilines is 1. The van der Waals surface area contributed by atoms with Crippen molar-refractivity contribution >= 4 is 11.6 Å². The third-order valence-corrected chi connectivity index (χ3v) is 4.54. The highest BCUT2D eigenvalue weighted by Crippen LogP contribution is 2.42. The molecule has 1 amide bonds. The highest BCUT2D eigenvalue weighted by molar-refractivity contribution is 5.99. The molecule has 0 heterocycles. The highest BCUT2D eigenvalue weighted by atomic mass is 19.3. The lowest BCUT2D eigenvalue weighted by Gasteiger charge is -2.18. The van der Waals surface area contributed by atoms with Gasteiger partial charge in [-0.1, -0.05) is 18.2 Å². The topological polar surface area (TPSA) is 55.1 Å². The summed E-state index contributed by atoms with van der Waals surface area (Å²) in [5.41, 5.74) is 5.46. The van der Waals surface area contributed by atoms with Gasteiger partial charge >= 0.3 is 0 Å². The minimum absolute atomic E-state index is 0.0293. The van der Waals surface area contributed by atoms with Gasteiger partial charge in [0.1, 0.15) is 11.6 Å². The molecule has 1 aliphatic carbocycles. The summed E-state index contributed by atoms with van der Waals surface area (Å²) in [4.78, 5) is 12.5. The van der Waals surface area contributed by atoms with Crippen molar-refractivity contribution in [1.82, 2.24) is 5.32 Å². The number of carbonyl (C=O) groups is 1. The van der Waals surface area contributed by atoms with E-state index in [0.717, 1.165) is 25.0 Å². The van der Waals surface area contributed by atoms with Crippen molar-refractivity contribution < 1.29 is 22.4 Å². The van der Waals surface area contributed by atoms with Crippen molar-refractivity contribution in [3.63, 3.8) is 0 Å². The summed E-state index contributed by atoms with van der Waals surface area (Å²) in [6, 6.07) is 5.28. The van der Waals surface area contributed by atoms with Crippen LogP contribution in [0.5, 0.6) is 0 Å². The fraction of sp³-hybridized carbons (Fsp3) is 0.316. The van der Waals surface area contributed by atoms with Gasteiger partial charge in [-0.05, 0) is 43.4 Å². The van der Waals surface area contributed by atoms with Crippen molar-refractivity contribution in [1.29, 1.82) is 0 Å². The molecule has 7 heteroatoms. The van der Waals surface area contributed by atoms with Crippen LogP contribution in [0.3, 0.4) is 0 Å². The summed E-state index contributed by atoms with van der Waals surface area (Å²) in [7, 11) is 0. The van der Waals surface area contributed by atoms with E-state index in [-0.39, 0.29) is 22.7 Å². The summed E-state index contributed by atoms with van der Waals surface area (Å²) in [6.45, 7) is 1.48. The van der Waals surface area contributed by atoms with Gasteiger partial charge in [0.05, 0.1) is 17.2 Å². The zero-order valence-electron chi connectivity index (χ0n) is 14.0. The lowest BCUT2D eigenvalue weighted by molar-refractivity contribution is 0.0940. The normalized spacial score (nSPS) is 15.2. The lowest BCUT2D eigenvalue weighted by atomic mass is 10.0. The van der Waals surface area contributed by atoms with E-state index in [1.165, 1.54) is 25.1 Å². The first kappa shape index (κ1) is 18.2. The molecule has 0 saturated heterocycles. The van der Waals surface area contributed by atoms with Gasteiger partial charge in [0.2, 0.25) is 0 Å². The molecule has 0 aliphatic heterocycles. The smallest absolute Gasteiger partial charge is 0.266 e. The molecule has 138 valence electrons. The fourth-order valence-electron chi connectivity index (χ4n) is 2.93. The summed E-state index contributed by atoms with van der Waals surface area (Å²) in [6.07, 6.45) is -1.25. The SMILES string of the molecule is C[C@@H](NC(=O)c1cc(C2CC2)c(F)cc1N)c1cccc(C(F)F)c1F. The van der Waals surface area contributed by atoms with Gasteiger partial charge in [-0.3, -0.25) is 4.79 Å². The monoisotopic (exact) mass is 366 g/mol. The Bertz CT molecular complexity index is 850. The third kappa shape index (κ3) is 3.52. The molecule has 26 heavy (non-hydrogen) atoms. The van der Waals surface area contributed by atoms with E-state index in [2.05, 4.69) is 5.32 Å². The van der Waals surface area contributed by atoms with Gasteiger partial charge in [0, 0.05) is 11.3 Å². The molecule has 3 rings (SSSR count). The van der Waals surface area contributed by atoms with E-state index in [9.17, 15) is 22.4 Å². The minimum Gasteiger partial charge on any atom is -0.398 e. The molecule has 1 saturated carbocycles. The zero-order chi connectivity index (χ0) is 19.0. The van der Waals surface area contributed by atoms with Crippen LogP contribution in [0.15, 0.2) is 30.3 Å². The number of rotatable bonds is 5. The van der Waals surface area contributed by atoms with Crippen LogP contribution in [0, 0.1) is 11.6 Å². The Morgan fingerprint density at radius 1 is 1.19 bits per heavy atom. The second-order valence-electron chi connectivity index (χ2n) is 6.48. The summed E-state index contributed by atoms with van der Waals surface area (Å²) >= 11 is 0. The number of halogens is 4. The molecule has 1 fully saturated rings. The van der Waals surface area contributed by atoms with Gasteiger partial charge in [-0.25, -0.2) is 17.6 Å². The number of hydrogen-bond acceptors (Lipinski definition) is 2. The van der Waals surface area contributed by atoms with Crippen LogP contribution in [0.1, 0.15) is 65.2 Å². The Kier molecular flexibility index (Phi) is 4.89. The van der Waals surface area contributed by atoms with E-state index >= 15 is 0 Å². The van der Waals surface area contributed by atoms with Crippen molar-refractivity contribution in [3.8, 4) is 0 Å². The van der Waals surface area contributed by atoms with Crippen molar-refractivity contribution in [2.75, 3.05) is 5.73 Å². The number of alkyl halides is 2. The second-order valence-corrected chi connectivity index (χ2v) is 6.48. The number of nitrogens with one attached hydrogen (secondary N) is 1. The Morgan fingerprint density at radius 3 is 2.46 bits per heavy atom. The molecule has 0 aromatic heterocycles. The first-order chi connectivity index (χ1) is 12.3. The van der Waals surface area contributed by atoms with E-state index in [1.54, 1.807) is 0 Å². The number of nitrogens with two attached hydrogens (primary N) is 1. The molecular formula is C19H18F4N2O. The van der Waals surface area contributed by atoms with Gasteiger partial charge < -0.3 is 11.1 Å². The van der Waals surface area contributed by atoms with Crippen molar-refractivity contribution in [2.24, 2.45) is 0 Å². The van der Waals surface area contributed by atoms with Gasteiger partial charge in [0.15, 0.2) is 0 Å². The highest BCUT2D eigenvalue weighted by Gasteiger charge is 2.29. The second kappa shape index (κ2) is 6.97. The van der Waals surface area contributed by atoms with E-state index in [0.29, 0.717) is 5.56 Å². The lowest BCUT2D eigenvalue weighted by Crippen LogP contribution is -2.28. The standard InChI is InChI=1S/C19H18F4N2O/c1-9(11-3-2-4-12(17(11)21)18(22)23)25-19(26)14-7-13(10-5-6-10)15(20)8-16(14)24/h2-4,7-10,18H,5-6,24H2,1H3,(H,25,26)/t9-/m1/s1. The molecule has 3 N–H and O–H groups in total.